The van der Waals surface area contributed by atoms with Gasteiger partial charge < -0.3 is 15.4 Å². The van der Waals surface area contributed by atoms with Crippen LogP contribution >= 0.6 is 0 Å². The minimum atomic E-state index is -3.84. The quantitative estimate of drug-likeness (QED) is 0.656. The summed E-state index contributed by atoms with van der Waals surface area (Å²) in [6.45, 7) is 1.84. The minimum Gasteiger partial charge on any atom is -0.497 e. The van der Waals surface area contributed by atoms with Gasteiger partial charge in [0.15, 0.2) is 0 Å². The van der Waals surface area contributed by atoms with Crippen LogP contribution < -0.4 is 15.4 Å². The Morgan fingerprint density at radius 3 is 2.41 bits per heavy atom. The van der Waals surface area contributed by atoms with E-state index < -0.39 is 33.7 Å². The maximum Gasteiger partial charge on any atom is 0.246 e. The van der Waals surface area contributed by atoms with Crippen molar-refractivity contribution in [2.75, 3.05) is 25.5 Å². The predicted molar refractivity (Wildman–Crippen MR) is 117 cm³/mol. The maximum absolute atomic E-state index is 13.1. The molecule has 0 bridgehead atoms. The van der Waals surface area contributed by atoms with Gasteiger partial charge in [-0.25, -0.2) is 12.8 Å². The molecule has 172 valence electrons. The molecule has 2 atom stereocenters. The lowest BCUT2D eigenvalue weighted by molar-refractivity contribution is -0.129. The number of nitrogens with one attached hydrogen (secondary N) is 2. The molecule has 0 aliphatic carbocycles. The van der Waals surface area contributed by atoms with E-state index in [1.165, 1.54) is 16.4 Å². The number of ether oxygens (including phenoxy) is 1. The van der Waals surface area contributed by atoms with E-state index in [1.807, 2.05) is 0 Å². The molecule has 0 radical (unpaired) electrons. The van der Waals surface area contributed by atoms with Gasteiger partial charge >= 0.3 is 0 Å². The number of rotatable bonds is 7. The van der Waals surface area contributed by atoms with Gasteiger partial charge in [-0.3, -0.25) is 9.59 Å². The fourth-order valence-electron chi connectivity index (χ4n) is 3.45. The first-order valence-corrected chi connectivity index (χ1v) is 11.7. The lowest BCUT2D eigenvalue weighted by atomic mass is 9.98. The number of sulfonamides is 1. The number of hydrogen-bond acceptors (Lipinski definition) is 5. The van der Waals surface area contributed by atoms with Gasteiger partial charge in [-0.15, -0.1) is 0 Å². The summed E-state index contributed by atoms with van der Waals surface area (Å²) in [5.41, 5.74) is 0.561. The molecule has 1 aliphatic rings. The van der Waals surface area contributed by atoms with Gasteiger partial charge in [0.2, 0.25) is 21.8 Å². The molecule has 10 heteroatoms. The molecule has 1 heterocycles. The molecule has 3 rings (SSSR count). The minimum absolute atomic E-state index is 0.00162. The van der Waals surface area contributed by atoms with Gasteiger partial charge in [-0.1, -0.05) is 0 Å². The van der Waals surface area contributed by atoms with Crippen molar-refractivity contribution < 1.29 is 27.1 Å². The third-order valence-corrected chi connectivity index (χ3v) is 7.20. The van der Waals surface area contributed by atoms with E-state index in [4.69, 9.17) is 4.74 Å². The molecule has 32 heavy (non-hydrogen) atoms. The molecule has 8 nitrogen and oxygen atoms in total. The smallest absolute Gasteiger partial charge is 0.246 e. The van der Waals surface area contributed by atoms with Crippen LogP contribution in [0, 0.1) is 11.7 Å². The van der Waals surface area contributed by atoms with E-state index in [1.54, 1.807) is 38.3 Å². The lowest BCUT2D eigenvalue weighted by Gasteiger charge is -2.31. The van der Waals surface area contributed by atoms with Crippen LogP contribution in [0.4, 0.5) is 10.1 Å². The zero-order valence-corrected chi connectivity index (χ0v) is 18.7. The number of hydrogen-bond donors (Lipinski definition) is 2. The average molecular weight is 464 g/mol. The van der Waals surface area contributed by atoms with Gasteiger partial charge in [-0.2, -0.15) is 4.31 Å². The number of benzene rings is 2. The predicted octanol–water partition coefficient (Wildman–Crippen LogP) is 2.38. The molecule has 2 aromatic rings. The van der Waals surface area contributed by atoms with E-state index in [9.17, 15) is 22.4 Å². The standard InChI is InChI=1S/C22H26FN3O5S/c1-15(21(27)25-18-7-9-19(31-2)10-8-18)24-22(28)16-4-3-13-26(14-16)32(29,30)20-11-5-17(23)6-12-20/h5-12,15-16H,3-4,13-14H2,1-2H3,(H,24,28)(H,25,27)/t15-,16?/m0/s1. The van der Waals surface area contributed by atoms with Crippen molar-refractivity contribution in [3.8, 4) is 5.75 Å². The van der Waals surface area contributed by atoms with E-state index in [2.05, 4.69) is 10.6 Å². The topological polar surface area (TPSA) is 105 Å². The van der Waals surface area contributed by atoms with Crippen LogP contribution in [-0.4, -0.2) is 50.8 Å². The molecule has 0 saturated carbocycles. The first-order chi connectivity index (χ1) is 15.2. The fourth-order valence-corrected chi connectivity index (χ4v) is 4.98. The van der Waals surface area contributed by atoms with Crippen molar-refractivity contribution >= 4 is 27.5 Å². The van der Waals surface area contributed by atoms with Crippen LogP contribution in [0.25, 0.3) is 0 Å². The van der Waals surface area contributed by atoms with Crippen molar-refractivity contribution in [1.82, 2.24) is 9.62 Å². The van der Waals surface area contributed by atoms with Crippen molar-refractivity contribution in [3.63, 3.8) is 0 Å². The molecule has 0 aromatic heterocycles. The zero-order valence-electron chi connectivity index (χ0n) is 17.9. The third-order valence-electron chi connectivity index (χ3n) is 5.32. The lowest BCUT2D eigenvalue weighted by Crippen LogP contribution is -2.49. The first kappa shape index (κ1) is 23.7. The summed E-state index contributed by atoms with van der Waals surface area (Å²) in [5.74, 6) is -1.24. The highest BCUT2D eigenvalue weighted by molar-refractivity contribution is 7.89. The van der Waals surface area contributed by atoms with Gasteiger partial charge in [0.25, 0.3) is 0 Å². The van der Waals surface area contributed by atoms with Crippen LogP contribution in [-0.2, 0) is 19.6 Å². The van der Waals surface area contributed by atoms with Crippen LogP contribution in [0.2, 0.25) is 0 Å². The van der Waals surface area contributed by atoms with Gasteiger partial charge in [0.1, 0.15) is 17.6 Å². The average Bonchev–Trinajstić information content (AvgIpc) is 2.79. The monoisotopic (exact) mass is 463 g/mol. The normalized spacial score (nSPS) is 17.9. The highest BCUT2D eigenvalue weighted by Crippen LogP contribution is 2.24. The third kappa shape index (κ3) is 5.63. The summed E-state index contributed by atoms with van der Waals surface area (Å²) in [5, 5.41) is 5.38. The molecule has 0 spiro atoms. The highest BCUT2D eigenvalue weighted by Gasteiger charge is 2.34. The Morgan fingerprint density at radius 1 is 1.12 bits per heavy atom. The van der Waals surface area contributed by atoms with E-state index >= 15 is 0 Å². The largest absolute Gasteiger partial charge is 0.497 e. The summed E-state index contributed by atoms with van der Waals surface area (Å²) in [6, 6.07) is 10.6. The van der Waals surface area contributed by atoms with E-state index in [-0.39, 0.29) is 23.9 Å². The Hall–Kier alpha value is -2.98. The number of nitrogens with zero attached hydrogens (tertiary/aromatic N) is 1. The number of anilines is 1. The summed E-state index contributed by atoms with van der Waals surface area (Å²) >= 11 is 0. The van der Waals surface area contributed by atoms with Crippen molar-refractivity contribution in [2.24, 2.45) is 5.92 Å². The summed E-state index contributed by atoms with van der Waals surface area (Å²) in [4.78, 5) is 25.1. The molecule has 2 N–H and O–H groups in total. The second-order valence-corrected chi connectivity index (χ2v) is 9.54. The Balaban J connectivity index is 1.59. The van der Waals surface area contributed by atoms with Crippen LogP contribution in [0.5, 0.6) is 5.75 Å². The van der Waals surface area contributed by atoms with E-state index in [0.29, 0.717) is 24.3 Å². The SMILES string of the molecule is COc1ccc(NC(=O)[C@H](C)NC(=O)C2CCCN(S(=O)(=O)c3ccc(F)cc3)C2)cc1. The second-order valence-electron chi connectivity index (χ2n) is 7.60. The molecular formula is C22H26FN3O5S. The Bertz CT molecular complexity index is 1060. The van der Waals surface area contributed by atoms with Gasteiger partial charge in [-0.05, 0) is 68.3 Å². The zero-order chi connectivity index (χ0) is 23.3. The molecular weight excluding hydrogens is 437 g/mol. The summed E-state index contributed by atoms with van der Waals surface area (Å²) in [6.07, 6.45) is 1.01. The number of carbonyl (C=O) groups is 2. The van der Waals surface area contributed by atoms with Crippen molar-refractivity contribution in [1.29, 1.82) is 0 Å². The fraction of sp³-hybridized carbons (Fsp3) is 0.364. The number of amides is 2. The van der Waals surface area contributed by atoms with Crippen molar-refractivity contribution in [3.05, 3.63) is 54.3 Å². The Morgan fingerprint density at radius 2 is 1.78 bits per heavy atom. The Kier molecular flexibility index (Phi) is 7.47. The number of piperidine rings is 1. The van der Waals surface area contributed by atoms with Gasteiger partial charge in [0, 0.05) is 18.8 Å². The molecule has 1 saturated heterocycles. The number of halogens is 1. The first-order valence-electron chi connectivity index (χ1n) is 10.2. The molecule has 1 unspecified atom stereocenters. The summed E-state index contributed by atoms with van der Waals surface area (Å²) in [7, 11) is -2.30. The van der Waals surface area contributed by atoms with Crippen LogP contribution in [0.3, 0.4) is 0 Å². The van der Waals surface area contributed by atoms with Crippen molar-refractivity contribution in [2.45, 2.75) is 30.7 Å². The second kappa shape index (κ2) is 10.1. The number of carbonyl (C=O) groups excluding carboxylic acids is 2. The van der Waals surface area contributed by atoms with Crippen LogP contribution in [0.1, 0.15) is 19.8 Å². The maximum atomic E-state index is 13.1. The molecule has 1 fully saturated rings. The summed E-state index contributed by atoms with van der Waals surface area (Å²) < 4.78 is 45.1. The number of methoxy groups -OCH3 is 1. The molecule has 2 aromatic carbocycles. The van der Waals surface area contributed by atoms with E-state index in [0.717, 1.165) is 12.1 Å². The molecule has 2 amide bonds. The highest BCUT2D eigenvalue weighted by atomic mass is 32.2. The van der Waals surface area contributed by atoms with Crippen LogP contribution in [0.15, 0.2) is 53.4 Å². The van der Waals surface area contributed by atoms with Gasteiger partial charge in [0.05, 0.1) is 17.9 Å². The Labute approximate surface area is 186 Å². The molecule has 1 aliphatic heterocycles.